The van der Waals surface area contributed by atoms with Gasteiger partial charge in [0.05, 0.1) is 12.2 Å². The van der Waals surface area contributed by atoms with Gasteiger partial charge in [0.2, 0.25) is 0 Å². The van der Waals surface area contributed by atoms with Crippen LogP contribution in [0.5, 0.6) is 0 Å². The number of hydrogen-bond donors (Lipinski definition) is 0. The van der Waals surface area contributed by atoms with Crippen molar-refractivity contribution >= 4 is 0 Å². The highest BCUT2D eigenvalue weighted by Crippen LogP contribution is 2.41. The van der Waals surface area contributed by atoms with Gasteiger partial charge in [-0.15, -0.1) is 0 Å². The van der Waals surface area contributed by atoms with E-state index in [1.54, 1.807) is 0 Å². The van der Waals surface area contributed by atoms with Crippen molar-refractivity contribution in [2.75, 3.05) is 0 Å². The number of ether oxygens (including phenoxy) is 2. The third-order valence-electron chi connectivity index (χ3n) is 2.93. The molecule has 2 heterocycles. The van der Waals surface area contributed by atoms with Crippen molar-refractivity contribution in [2.45, 2.75) is 58.0 Å². The standard InChI is InChI=1S/C10H18O2/c1-7(2)9-8-5-4-6-10(3,11-8)12-9/h7-9H,4-6H2,1-3H3/t8-,9+,10-/m0/s1. The summed E-state index contributed by atoms with van der Waals surface area (Å²) in [5.74, 6) is 0.327. The first-order valence-corrected chi connectivity index (χ1v) is 4.96. The van der Waals surface area contributed by atoms with Crippen molar-refractivity contribution in [1.29, 1.82) is 0 Å². The quantitative estimate of drug-likeness (QED) is 0.601. The molecule has 2 heteroatoms. The Morgan fingerprint density at radius 1 is 1.33 bits per heavy atom. The van der Waals surface area contributed by atoms with E-state index in [0.717, 1.165) is 6.42 Å². The summed E-state index contributed by atoms with van der Waals surface area (Å²) >= 11 is 0. The Morgan fingerprint density at radius 3 is 2.67 bits per heavy atom. The Morgan fingerprint density at radius 2 is 2.08 bits per heavy atom. The van der Waals surface area contributed by atoms with E-state index in [9.17, 15) is 0 Å². The average Bonchev–Trinajstić information content (AvgIpc) is 2.22. The third-order valence-corrected chi connectivity index (χ3v) is 2.93. The van der Waals surface area contributed by atoms with E-state index >= 15 is 0 Å². The minimum atomic E-state index is -0.252. The van der Waals surface area contributed by atoms with Gasteiger partial charge in [0, 0.05) is 6.42 Å². The highest BCUT2D eigenvalue weighted by molar-refractivity contribution is 4.89. The van der Waals surface area contributed by atoms with Crippen LogP contribution >= 0.6 is 0 Å². The van der Waals surface area contributed by atoms with Crippen molar-refractivity contribution in [3.05, 3.63) is 0 Å². The predicted molar refractivity (Wildman–Crippen MR) is 46.8 cm³/mol. The summed E-state index contributed by atoms with van der Waals surface area (Å²) in [6, 6.07) is 0. The molecule has 2 aliphatic rings. The maximum Gasteiger partial charge on any atom is 0.166 e. The fourth-order valence-corrected chi connectivity index (χ4v) is 2.31. The van der Waals surface area contributed by atoms with Gasteiger partial charge in [0.15, 0.2) is 5.79 Å². The molecule has 0 radical (unpaired) electrons. The molecule has 0 unspecified atom stereocenters. The third kappa shape index (κ3) is 1.27. The largest absolute Gasteiger partial charge is 0.344 e. The molecule has 0 saturated carbocycles. The first-order valence-electron chi connectivity index (χ1n) is 4.96. The first kappa shape index (κ1) is 8.52. The van der Waals surface area contributed by atoms with Gasteiger partial charge in [-0.1, -0.05) is 13.8 Å². The van der Waals surface area contributed by atoms with Crippen LogP contribution in [0.4, 0.5) is 0 Å². The second kappa shape index (κ2) is 2.71. The number of hydrogen-bond acceptors (Lipinski definition) is 2. The van der Waals surface area contributed by atoms with Crippen molar-refractivity contribution in [1.82, 2.24) is 0 Å². The number of rotatable bonds is 1. The van der Waals surface area contributed by atoms with Crippen LogP contribution in [0.15, 0.2) is 0 Å². The summed E-state index contributed by atoms with van der Waals surface area (Å²) in [5, 5.41) is 0. The second-order valence-electron chi connectivity index (χ2n) is 4.51. The smallest absolute Gasteiger partial charge is 0.166 e. The minimum absolute atomic E-state index is 0.252. The Balaban J connectivity index is 2.12. The van der Waals surface area contributed by atoms with E-state index in [-0.39, 0.29) is 5.79 Å². The summed E-state index contributed by atoms with van der Waals surface area (Å²) in [6.07, 6.45) is 4.19. The molecule has 0 aromatic rings. The topological polar surface area (TPSA) is 18.5 Å². The van der Waals surface area contributed by atoms with Crippen molar-refractivity contribution < 1.29 is 9.47 Å². The van der Waals surface area contributed by atoms with Crippen LogP contribution in [0.25, 0.3) is 0 Å². The van der Waals surface area contributed by atoms with E-state index in [4.69, 9.17) is 9.47 Å². The van der Waals surface area contributed by atoms with Gasteiger partial charge in [0.1, 0.15) is 0 Å². The molecule has 0 amide bonds. The fourth-order valence-electron chi connectivity index (χ4n) is 2.31. The normalized spacial score (nSPS) is 47.0. The van der Waals surface area contributed by atoms with E-state index in [1.165, 1.54) is 12.8 Å². The van der Waals surface area contributed by atoms with E-state index in [1.807, 2.05) is 0 Å². The van der Waals surface area contributed by atoms with Crippen LogP contribution in [0.3, 0.4) is 0 Å². The molecule has 2 rings (SSSR count). The monoisotopic (exact) mass is 170 g/mol. The predicted octanol–water partition coefficient (Wildman–Crippen LogP) is 2.33. The minimum Gasteiger partial charge on any atom is -0.344 e. The highest BCUT2D eigenvalue weighted by atomic mass is 16.8. The van der Waals surface area contributed by atoms with E-state index in [0.29, 0.717) is 18.1 Å². The maximum absolute atomic E-state index is 5.91. The van der Waals surface area contributed by atoms with Crippen LogP contribution in [0, 0.1) is 5.92 Å². The molecule has 12 heavy (non-hydrogen) atoms. The molecule has 0 spiro atoms. The summed E-state index contributed by atoms with van der Waals surface area (Å²) in [5.41, 5.74) is 0. The molecule has 70 valence electrons. The lowest BCUT2D eigenvalue weighted by Crippen LogP contribution is -2.30. The lowest BCUT2D eigenvalue weighted by molar-refractivity contribution is -0.181. The first-order chi connectivity index (χ1) is 5.61. The molecular formula is C10H18O2. The Bertz CT molecular complexity index is 179. The molecule has 2 bridgehead atoms. The van der Waals surface area contributed by atoms with E-state index in [2.05, 4.69) is 20.8 Å². The molecule has 0 aromatic carbocycles. The SMILES string of the molecule is CC(C)[C@H]1O[C@@]2(C)CCC[C@@H]1O2. The molecule has 2 fully saturated rings. The number of fused-ring (bicyclic) bond motifs is 2. The van der Waals surface area contributed by atoms with Crippen LogP contribution in [0.2, 0.25) is 0 Å². The van der Waals surface area contributed by atoms with Gasteiger partial charge < -0.3 is 9.47 Å². The molecule has 0 aliphatic carbocycles. The van der Waals surface area contributed by atoms with Crippen molar-refractivity contribution in [3.63, 3.8) is 0 Å². The van der Waals surface area contributed by atoms with Crippen molar-refractivity contribution in [2.24, 2.45) is 5.92 Å². The zero-order valence-electron chi connectivity index (χ0n) is 8.17. The average molecular weight is 170 g/mol. The lowest BCUT2D eigenvalue weighted by atomic mass is 9.97. The summed E-state index contributed by atoms with van der Waals surface area (Å²) < 4.78 is 11.7. The van der Waals surface area contributed by atoms with Gasteiger partial charge >= 0.3 is 0 Å². The zero-order valence-corrected chi connectivity index (χ0v) is 8.17. The Labute approximate surface area is 74.2 Å². The Hall–Kier alpha value is -0.0800. The second-order valence-corrected chi connectivity index (χ2v) is 4.51. The van der Waals surface area contributed by atoms with Crippen LogP contribution in [0.1, 0.15) is 40.0 Å². The maximum atomic E-state index is 5.91. The fraction of sp³-hybridized carbons (Fsp3) is 1.00. The molecule has 3 atom stereocenters. The van der Waals surface area contributed by atoms with Gasteiger partial charge in [-0.05, 0) is 25.7 Å². The molecular weight excluding hydrogens is 152 g/mol. The summed E-state index contributed by atoms with van der Waals surface area (Å²) in [6.45, 7) is 6.48. The lowest BCUT2D eigenvalue weighted by Gasteiger charge is -2.26. The van der Waals surface area contributed by atoms with E-state index < -0.39 is 0 Å². The molecule has 0 aromatic heterocycles. The van der Waals surface area contributed by atoms with Gasteiger partial charge in [-0.2, -0.15) is 0 Å². The summed E-state index contributed by atoms with van der Waals surface area (Å²) in [7, 11) is 0. The summed E-state index contributed by atoms with van der Waals surface area (Å²) in [4.78, 5) is 0. The van der Waals surface area contributed by atoms with Crippen LogP contribution in [-0.2, 0) is 9.47 Å². The highest BCUT2D eigenvalue weighted by Gasteiger charge is 2.47. The molecule has 2 saturated heterocycles. The zero-order chi connectivity index (χ0) is 8.77. The van der Waals surface area contributed by atoms with Crippen LogP contribution < -0.4 is 0 Å². The van der Waals surface area contributed by atoms with Crippen molar-refractivity contribution in [3.8, 4) is 0 Å². The Kier molecular flexibility index (Phi) is 1.92. The van der Waals surface area contributed by atoms with Gasteiger partial charge in [-0.25, -0.2) is 0 Å². The molecule has 2 nitrogen and oxygen atoms in total. The molecule has 2 aliphatic heterocycles. The van der Waals surface area contributed by atoms with Gasteiger partial charge in [0.25, 0.3) is 0 Å². The molecule has 0 N–H and O–H groups in total. The van der Waals surface area contributed by atoms with Crippen LogP contribution in [-0.4, -0.2) is 18.0 Å². The van der Waals surface area contributed by atoms with Gasteiger partial charge in [-0.3, -0.25) is 0 Å².